The van der Waals surface area contributed by atoms with Crippen molar-refractivity contribution in [3.05, 3.63) is 84.7 Å². The quantitative estimate of drug-likeness (QED) is 0.454. The maximum atomic E-state index is 13.7. The molecule has 3 aliphatic rings. The minimum Gasteiger partial charge on any atom is -0.379 e. The van der Waals surface area contributed by atoms with Crippen LogP contribution in [0.4, 0.5) is 5.69 Å². The number of ether oxygens (including phenoxy) is 1. The number of allylic oxidation sites excluding steroid dienone is 2. The summed E-state index contributed by atoms with van der Waals surface area (Å²) in [7, 11) is 0. The second kappa shape index (κ2) is 10.6. The first-order valence-corrected chi connectivity index (χ1v) is 14.0. The Morgan fingerprint density at radius 1 is 1.00 bits per heavy atom. The third kappa shape index (κ3) is 4.76. The fourth-order valence-corrected chi connectivity index (χ4v) is 6.86. The molecule has 0 unspecified atom stereocenters. The third-order valence-electron chi connectivity index (χ3n) is 6.52. The van der Waals surface area contributed by atoms with Gasteiger partial charge in [-0.1, -0.05) is 66.4 Å². The fourth-order valence-electron chi connectivity index (χ4n) is 4.77. The van der Waals surface area contributed by atoms with Crippen LogP contribution in [0.1, 0.15) is 5.82 Å². The van der Waals surface area contributed by atoms with Gasteiger partial charge in [0.15, 0.2) is 11.0 Å². The van der Waals surface area contributed by atoms with E-state index < -0.39 is 0 Å². The summed E-state index contributed by atoms with van der Waals surface area (Å²) < 4.78 is 7.58. The lowest BCUT2D eigenvalue weighted by Gasteiger charge is -2.40. The van der Waals surface area contributed by atoms with Gasteiger partial charge in [-0.05, 0) is 24.3 Å². The summed E-state index contributed by atoms with van der Waals surface area (Å²) in [6.45, 7) is 3.91. The lowest BCUT2D eigenvalue weighted by molar-refractivity contribution is -0.116. The smallest absolute Gasteiger partial charge is 0.238 e. The van der Waals surface area contributed by atoms with E-state index in [1.807, 2.05) is 59.1 Å². The van der Waals surface area contributed by atoms with Crippen molar-refractivity contribution in [2.45, 2.75) is 27.9 Å². The molecule has 7 nitrogen and oxygen atoms in total. The number of carbonyl (C=O) groups is 1. The Morgan fingerprint density at radius 2 is 1.78 bits per heavy atom. The number of anilines is 1. The molecule has 0 radical (unpaired) electrons. The lowest BCUT2D eigenvalue weighted by Crippen LogP contribution is -2.48. The van der Waals surface area contributed by atoms with Gasteiger partial charge in [0.05, 0.1) is 42.5 Å². The third-order valence-corrected chi connectivity index (χ3v) is 8.74. The molecule has 36 heavy (non-hydrogen) atoms. The number of nitrogens with zero attached hydrogens (tertiary/aromatic N) is 5. The van der Waals surface area contributed by atoms with Gasteiger partial charge in [0.2, 0.25) is 5.91 Å². The van der Waals surface area contributed by atoms with Gasteiger partial charge in [-0.2, -0.15) is 0 Å². The average Bonchev–Trinajstić information content (AvgIpc) is 3.33. The summed E-state index contributed by atoms with van der Waals surface area (Å²) in [6, 6.07) is 18.3. The molecular formula is C27H27N5O2S2. The number of amides is 1. The van der Waals surface area contributed by atoms with Crippen molar-refractivity contribution in [2.75, 3.05) is 37.0 Å². The molecule has 0 spiro atoms. The number of thioether (sulfide) groups is 2. The SMILES string of the molecule is O=C(CSc1nnc(CN2CCOCC2)n1-c1ccccc1)N1c2ccccc2S[C@H]2C=CC=C[C@@H]21. The molecule has 1 aromatic heterocycles. The second-order valence-electron chi connectivity index (χ2n) is 8.82. The normalized spacial score (nSPS) is 21.3. The molecule has 0 saturated carbocycles. The van der Waals surface area contributed by atoms with E-state index in [-0.39, 0.29) is 23.0 Å². The minimum absolute atomic E-state index is 0.00637. The van der Waals surface area contributed by atoms with Crippen molar-refractivity contribution in [2.24, 2.45) is 0 Å². The molecular weight excluding hydrogens is 490 g/mol. The Bertz CT molecular complexity index is 1290. The van der Waals surface area contributed by atoms with Gasteiger partial charge in [-0.3, -0.25) is 14.3 Å². The van der Waals surface area contributed by atoms with Crippen LogP contribution in [0.2, 0.25) is 0 Å². The molecule has 0 bridgehead atoms. The Labute approximate surface area is 219 Å². The van der Waals surface area contributed by atoms with Crippen LogP contribution in [-0.4, -0.2) is 68.9 Å². The number of hydrogen-bond acceptors (Lipinski definition) is 7. The van der Waals surface area contributed by atoms with Crippen LogP contribution in [0.5, 0.6) is 0 Å². The highest BCUT2D eigenvalue weighted by Gasteiger charge is 2.36. The van der Waals surface area contributed by atoms with Crippen LogP contribution in [-0.2, 0) is 16.1 Å². The number of carbonyl (C=O) groups excluding carboxylic acids is 1. The highest BCUT2D eigenvalue weighted by Crippen LogP contribution is 2.43. The topological polar surface area (TPSA) is 63.5 Å². The summed E-state index contributed by atoms with van der Waals surface area (Å²) in [5.74, 6) is 1.22. The zero-order valence-corrected chi connectivity index (χ0v) is 21.4. The molecule has 3 heterocycles. The average molecular weight is 518 g/mol. The molecule has 2 aromatic carbocycles. The zero-order valence-electron chi connectivity index (χ0n) is 19.8. The summed E-state index contributed by atoms with van der Waals surface area (Å²) in [5.41, 5.74) is 1.98. The maximum Gasteiger partial charge on any atom is 0.238 e. The van der Waals surface area contributed by atoms with Crippen LogP contribution in [0.25, 0.3) is 5.69 Å². The Kier molecular flexibility index (Phi) is 6.96. The largest absolute Gasteiger partial charge is 0.379 e. The molecule has 1 saturated heterocycles. The molecule has 1 amide bonds. The second-order valence-corrected chi connectivity index (χ2v) is 11.0. The van der Waals surface area contributed by atoms with E-state index in [9.17, 15) is 4.79 Å². The van der Waals surface area contributed by atoms with Gasteiger partial charge in [-0.15, -0.1) is 22.0 Å². The van der Waals surface area contributed by atoms with Gasteiger partial charge < -0.3 is 9.64 Å². The van der Waals surface area contributed by atoms with E-state index in [4.69, 9.17) is 4.74 Å². The summed E-state index contributed by atoms with van der Waals surface area (Å²) >= 11 is 3.26. The highest BCUT2D eigenvalue weighted by molar-refractivity contribution is 8.00. The summed E-state index contributed by atoms with van der Waals surface area (Å²) in [5, 5.41) is 10.0. The molecule has 2 aliphatic heterocycles. The van der Waals surface area contributed by atoms with Gasteiger partial charge in [0.25, 0.3) is 0 Å². The van der Waals surface area contributed by atoms with E-state index in [1.165, 1.54) is 11.8 Å². The monoisotopic (exact) mass is 517 g/mol. The molecule has 1 fully saturated rings. The van der Waals surface area contributed by atoms with Gasteiger partial charge in [-0.25, -0.2) is 0 Å². The predicted molar refractivity (Wildman–Crippen MR) is 144 cm³/mol. The van der Waals surface area contributed by atoms with Crippen molar-refractivity contribution in [3.63, 3.8) is 0 Å². The number of rotatable bonds is 6. The standard InChI is InChI=1S/C27H27N5O2S2/c33-26(32-21-10-4-6-12-23(21)36-24-13-7-5-11-22(24)32)19-35-27-29-28-25(18-30-14-16-34-17-15-30)31(27)20-8-2-1-3-9-20/h1-13,21,23H,14-19H2/t21-,23-/m0/s1. The van der Waals surface area contributed by atoms with E-state index in [2.05, 4.69) is 56.1 Å². The first-order valence-electron chi connectivity index (χ1n) is 12.1. The first kappa shape index (κ1) is 23.5. The van der Waals surface area contributed by atoms with Crippen molar-refractivity contribution >= 4 is 35.1 Å². The Morgan fingerprint density at radius 3 is 2.64 bits per heavy atom. The van der Waals surface area contributed by atoms with Crippen molar-refractivity contribution < 1.29 is 9.53 Å². The highest BCUT2D eigenvalue weighted by atomic mass is 32.2. The fraction of sp³-hybridized carbons (Fsp3) is 0.296. The zero-order chi connectivity index (χ0) is 24.3. The van der Waals surface area contributed by atoms with Crippen LogP contribution in [0.3, 0.4) is 0 Å². The van der Waals surface area contributed by atoms with Crippen LogP contribution in [0.15, 0.2) is 89.0 Å². The number of benzene rings is 2. The van der Waals surface area contributed by atoms with Crippen LogP contribution in [0, 0.1) is 0 Å². The molecule has 184 valence electrons. The molecule has 3 aromatic rings. The van der Waals surface area contributed by atoms with Gasteiger partial charge >= 0.3 is 0 Å². The number of hydrogen-bond donors (Lipinski definition) is 0. The number of para-hydroxylation sites is 2. The number of fused-ring (bicyclic) bond motifs is 2. The molecule has 1 aliphatic carbocycles. The van der Waals surface area contributed by atoms with Gasteiger partial charge in [0.1, 0.15) is 0 Å². The first-order chi connectivity index (χ1) is 17.8. The van der Waals surface area contributed by atoms with E-state index in [0.717, 1.165) is 53.6 Å². The Hall–Kier alpha value is -2.85. The minimum atomic E-state index is 0.00637. The molecule has 9 heteroatoms. The van der Waals surface area contributed by atoms with Crippen molar-refractivity contribution in [1.82, 2.24) is 19.7 Å². The van der Waals surface area contributed by atoms with E-state index in [0.29, 0.717) is 6.54 Å². The number of morpholine rings is 1. The van der Waals surface area contributed by atoms with Gasteiger partial charge in [0, 0.05) is 23.7 Å². The molecule has 0 N–H and O–H groups in total. The van der Waals surface area contributed by atoms with Crippen LogP contribution < -0.4 is 4.90 Å². The summed E-state index contributed by atoms with van der Waals surface area (Å²) in [4.78, 5) is 19.1. The van der Waals surface area contributed by atoms with E-state index >= 15 is 0 Å². The Balaban J connectivity index is 1.26. The van der Waals surface area contributed by atoms with E-state index in [1.54, 1.807) is 0 Å². The molecule has 6 rings (SSSR count). The van der Waals surface area contributed by atoms with Crippen molar-refractivity contribution in [3.8, 4) is 5.69 Å². The molecule has 2 atom stereocenters. The summed E-state index contributed by atoms with van der Waals surface area (Å²) in [6.07, 6.45) is 8.41. The lowest BCUT2D eigenvalue weighted by atomic mass is 10.0. The van der Waals surface area contributed by atoms with Crippen LogP contribution >= 0.6 is 23.5 Å². The maximum absolute atomic E-state index is 13.7. The number of aromatic nitrogens is 3. The predicted octanol–water partition coefficient (Wildman–Crippen LogP) is 4.19. The van der Waals surface area contributed by atoms with Crippen molar-refractivity contribution in [1.29, 1.82) is 0 Å².